The Bertz CT molecular complexity index is 718. The highest BCUT2D eigenvalue weighted by Gasteiger charge is 2.16. The fourth-order valence-corrected chi connectivity index (χ4v) is 2.93. The molecule has 5 nitrogen and oxygen atoms in total. The second-order valence-electron chi connectivity index (χ2n) is 5.30. The molecule has 0 aliphatic rings. The van der Waals surface area contributed by atoms with Crippen LogP contribution in [-0.4, -0.2) is 18.4 Å². The van der Waals surface area contributed by atoms with Crippen LogP contribution < -0.4 is 4.72 Å². The summed E-state index contributed by atoms with van der Waals surface area (Å²) in [5, 5.41) is 0. The molecule has 1 aromatic heterocycles. The van der Waals surface area contributed by atoms with Gasteiger partial charge in [0.15, 0.2) is 0 Å². The summed E-state index contributed by atoms with van der Waals surface area (Å²) in [5.74, 6) is 0.456. The molecule has 0 aliphatic carbocycles. The Kier molecular flexibility index (Phi) is 4.27. The molecule has 0 aliphatic heterocycles. The number of rotatable bonds is 4. The maximum atomic E-state index is 12.3. The Hall–Kier alpha value is -1.95. The third-order valence-electron chi connectivity index (χ3n) is 3.07. The second kappa shape index (κ2) is 5.81. The van der Waals surface area contributed by atoms with E-state index >= 15 is 0 Å². The van der Waals surface area contributed by atoms with Crippen molar-refractivity contribution < 1.29 is 8.42 Å². The molecule has 2 rings (SSSR count). The minimum absolute atomic E-state index is 0.0976. The Morgan fingerprint density at radius 2 is 1.52 bits per heavy atom. The van der Waals surface area contributed by atoms with Crippen LogP contribution in [0.25, 0.3) is 0 Å². The Balaban J connectivity index is 2.29. The van der Waals surface area contributed by atoms with Gasteiger partial charge >= 0.3 is 0 Å². The summed E-state index contributed by atoms with van der Waals surface area (Å²) >= 11 is 0. The van der Waals surface area contributed by atoms with E-state index in [2.05, 4.69) is 28.5 Å². The van der Waals surface area contributed by atoms with Crippen molar-refractivity contribution >= 4 is 16.0 Å². The molecule has 1 aromatic carbocycles. The Labute approximate surface area is 125 Å². The minimum atomic E-state index is -3.66. The van der Waals surface area contributed by atoms with Crippen LogP contribution >= 0.6 is 0 Å². The molecule has 2 aromatic rings. The number of benzene rings is 1. The van der Waals surface area contributed by atoms with Gasteiger partial charge in [0, 0.05) is 11.4 Å². The van der Waals surface area contributed by atoms with E-state index in [0.29, 0.717) is 5.92 Å². The lowest BCUT2D eigenvalue weighted by atomic mass is 10.0. The molecule has 1 heterocycles. The molecule has 0 spiro atoms. The smallest absolute Gasteiger partial charge is 0.247 e. The number of sulfonamides is 1. The monoisotopic (exact) mass is 305 g/mol. The van der Waals surface area contributed by atoms with Crippen molar-refractivity contribution in [3.63, 3.8) is 0 Å². The van der Waals surface area contributed by atoms with Gasteiger partial charge in [-0.2, -0.15) is 0 Å². The largest absolute Gasteiger partial charge is 0.264 e. The first-order chi connectivity index (χ1) is 9.78. The van der Waals surface area contributed by atoms with Crippen LogP contribution in [-0.2, 0) is 10.0 Å². The van der Waals surface area contributed by atoms with E-state index in [1.165, 1.54) is 0 Å². The highest BCUT2D eigenvalue weighted by atomic mass is 32.2. The van der Waals surface area contributed by atoms with Gasteiger partial charge in [0.25, 0.3) is 10.0 Å². The standard InChI is InChI=1S/C15H19N3O2S/c1-10(2)13-5-7-14(8-6-13)21(19,20)18-15-16-11(3)9-12(4)17-15/h5-10H,1-4H3,(H,16,17,18). The molecule has 0 atom stereocenters. The highest BCUT2D eigenvalue weighted by Crippen LogP contribution is 2.19. The third kappa shape index (κ3) is 3.78. The molecular weight excluding hydrogens is 286 g/mol. The summed E-state index contributed by atoms with van der Waals surface area (Å²) < 4.78 is 27.0. The normalized spacial score (nSPS) is 11.7. The highest BCUT2D eigenvalue weighted by molar-refractivity contribution is 7.92. The van der Waals surface area contributed by atoms with Gasteiger partial charge in [0.1, 0.15) is 0 Å². The van der Waals surface area contributed by atoms with Crippen molar-refractivity contribution in [2.75, 3.05) is 4.72 Å². The van der Waals surface area contributed by atoms with Gasteiger partial charge in [-0.3, -0.25) is 0 Å². The van der Waals surface area contributed by atoms with Gasteiger partial charge in [-0.15, -0.1) is 0 Å². The molecule has 0 saturated carbocycles. The molecule has 0 radical (unpaired) electrons. The van der Waals surface area contributed by atoms with Gasteiger partial charge in [0.2, 0.25) is 5.95 Å². The van der Waals surface area contributed by atoms with E-state index in [4.69, 9.17) is 0 Å². The van der Waals surface area contributed by atoms with E-state index in [-0.39, 0.29) is 10.8 Å². The zero-order chi connectivity index (χ0) is 15.6. The summed E-state index contributed by atoms with van der Waals surface area (Å²) in [6.45, 7) is 7.71. The van der Waals surface area contributed by atoms with Gasteiger partial charge in [-0.1, -0.05) is 26.0 Å². The van der Waals surface area contributed by atoms with E-state index in [0.717, 1.165) is 17.0 Å². The molecule has 0 amide bonds. The zero-order valence-electron chi connectivity index (χ0n) is 12.6. The van der Waals surface area contributed by atoms with Crippen molar-refractivity contribution in [2.24, 2.45) is 0 Å². The summed E-state index contributed by atoms with van der Waals surface area (Å²) in [4.78, 5) is 8.38. The van der Waals surface area contributed by atoms with Crippen LogP contribution in [0.1, 0.15) is 36.7 Å². The number of aromatic nitrogens is 2. The van der Waals surface area contributed by atoms with Crippen molar-refractivity contribution in [1.29, 1.82) is 0 Å². The maximum Gasteiger partial charge on any atom is 0.264 e. The first-order valence-electron chi connectivity index (χ1n) is 6.73. The first kappa shape index (κ1) is 15.4. The number of aryl methyl sites for hydroxylation is 2. The van der Waals surface area contributed by atoms with Crippen molar-refractivity contribution in [2.45, 2.75) is 38.5 Å². The van der Waals surface area contributed by atoms with Crippen molar-refractivity contribution in [3.05, 3.63) is 47.3 Å². The minimum Gasteiger partial charge on any atom is -0.247 e. The fourth-order valence-electron chi connectivity index (χ4n) is 1.98. The lowest BCUT2D eigenvalue weighted by Gasteiger charge is -2.09. The number of nitrogens with one attached hydrogen (secondary N) is 1. The number of nitrogens with zero attached hydrogens (tertiary/aromatic N) is 2. The van der Waals surface area contributed by atoms with Crippen LogP contribution in [0, 0.1) is 13.8 Å². The predicted octanol–water partition coefficient (Wildman–Crippen LogP) is 3.02. The average Bonchev–Trinajstić information content (AvgIpc) is 2.37. The third-order valence-corrected chi connectivity index (χ3v) is 4.41. The molecule has 1 N–H and O–H groups in total. The molecule has 6 heteroatoms. The summed E-state index contributed by atoms with van der Waals surface area (Å²) in [7, 11) is -3.66. The zero-order valence-corrected chi connectivity index (χ0v) is 13.4. The topological polar surface area (TPSA) is 72.0 Å². The van der Waals surface area contributed by atoms with E-state index in [1.54, 1.807) is 32.0 Å². The predicted molar refractivity (Wildman–Crippen MR) is 82.8 cm³/mol. The molecular formula is C15H19N3O2S. The van der Waals surface area contributed by atoms with Gasteiger partial charge in [-0.25, -0.2) is 23.1 Å². The molecule has 0 saturated heterocycles. The fraction of sp³-hybridized carbons (Fsp3) is 0.333. The average molecular weight is 305 g/mol. The SMILES string of the molecule is Cc1cc(C)nc(NS(=O)(=O)c2ccc(C(C)C)cc2)n1. The van der Waals surface area contributed by atoms with Crippen molar-refractivity contribution in [1.82, 2.24) is 9.97 Å². The lowest BCUT2D eigenvalue weighted by Crippen LogP contribution is -2.15. The van der Waals surface area contributed by atoms with Gasteiger partial charge in [0.05, 0.1) is 4.90 Å². The molecule has 112 valence electrons. The number of hydrogen-bond donors (Lipinski definition) is 1. The maximum absolute atomic E-state index is 12.3. The molecule has 0 unspecified atom stereocenters. The van der Waals surface area contributed by atoms with E-state index in [1.807, 2.05) is 12.1 Å². The quantitative estimate of drug-likeness (QED) is 0.942. The summed E-state index contributed by atoms with van der Waals surface area (Å²) in [6.07, 6.45) is 0. The molecule has 0 bridgehead atoms. The Morgan fingerprint density at radius 3 is 2.00 bits per heavy atom. The summed E-state index contributed by atoms with van der Waals surface area (Å²) in [6, 6.07) is 8.62. The number of hydrogen-bond acceptors (Lipinski definition) is 4. The lowest BCUT2D eigenvalue weighted by molar-refractivity contribution is 0.600. The summed E-state index contributed by atoms with van der Waals surface area (Å²) in [5.41, 5.74) is 2.53. The van der Waals surface area contributed by atoms with Crippen LogP contribution in [0.4, 0.5) is 5.95 Å². The van der Waals surface area contributed by atoms with Gasteiger partial charge in [-0.05, 0) is 43.5 Å². The Morgan fingerprint density at radius 1 is 1.00 bits per heavy atom. The molecule has 0 fully saturated rings. The van der Waals surface area contributed by atoms with E-state index in [9.17, 15) is 8.42 Å². The number of anilines is 1. The molecule has 21 heavy (non-hydrogen) atoms. The van der Waals surface area contributed by atoms with Crippen LogP contribution in [0.15, 0.2) is 35.2 Å². The van der Waals surface area contributed by atoms with Crippen LogP contribution in [0.3, 0.4) is 0 Å². The van der Waals surface area contributed by atoms with Gasteiger partial charge < -0.3 is 0 Å². The first-order valence-corrected chi connectivity index (χ1v) is 8.21. The van der Waals surface area contributed by atoms with E-state index < -0.39 is 10.0 Å². The van der Waals surface area contributed by atoms with Crippen LogP contribution in [0.5, 0.6) is 0 Å². The van der Waals surface area contributed by atoms with Crippen molar-refractivity contribution in [3.8, 4) is 0 Å². The second-order valence-corrected chi connectivity index (χ2v) is 6.99. The van der Waals surface area contributed by atoms with Crippen LogP contribution in [0.2, 0.25) is 0 Å².